The van der Waals surface area contributed by atoms with Crippen LogP contribution in [0.4, 0.5) is 0 Å². The minimum Gasteiger partial charge on any atom is -0.507 e. The van der Waals surface area contributed by atoms with Crippen molar-refractivity contribution in [3.05, 3.63) is 58.1 Å². The van der Waals surface area contributed by atoms with Crippen molar-refractivity contribution in [1.29, 1.82) is 0 Å². The van der Waals surface area contributed by atoms with E-state index in [9.17, 15) is 14.7 Å². The number of amides is 1. The molecule has 1 aliphatic heterocycles. The molecule has 0 radical (unpaired) electrons. The summed E-state index contributed by atoms with van der Waals surface area (Å²) in [6.07, 6.45) is 0.641. The summed E-state index contributed by atoms with van der Waals surface area (Å²) in [7, 11) is 8.34. The summed E-state index contributed by atoms with van der Waals surface area (Å²) in [4.78, 5) is 29.8. The molecule has 1 atom stereocenters. The van der Waals surface area contributed by atoms with Crippen molar-refractivity contribution in [3.63, 3.8) is 0 Å². The van der Waals surface area contributed by atoms with E-state index < -0.39 is 17.7 Å². The van der Waals surface area contributed by atoms with Gasteiger partial charge in [0.05, 0.1) is 32.9 Å². The fourth-order valence-corrected chi connectivity index (χ4v) is 4.16. The van der Waals surface area contributed by atoms with E-state index in [1.165, 1.54) is 26.2 Å². The topological polar surface area (TPSA) is 88.5 Å². The molecular formula is C25H29ClN2O6. The zero-order valence-electron chi connectivity index (χ0n) is 19.9. The average Bonchev–Trinajstić information content (AvgIpc) is 3.07. The van der Waals surface area contributed by atoms with Gasteiger partial charge in [0, 0.05) is 17.1 Å². The van der Waals surface area contributed by atoms with Gasteiger partial charge in [-0.2, -0.15) is 0 Å². The summed E-state index contributed by atoms with van der Waals surface area (Å²) in [5.74, 6) is -0.562. The Balaban J connectivity index is 2.21. The van der Waals surface area contributed by atoms with Crippen LogP contribution in [-0.4, -0.2) is 75.1 Å². The number of ether oxygens (including phenoxy) is 3. The number of carbonyl (C=O) groups is 2. The van der Waals surface area contributed by atoms with Gasteiger partial charge < -0.3 is 29.1 Å². The van der Waals surface area contributed by atoms with Crippen molar-refractivity contribution in [2.24, 2.45) is 0 Å². The first-order valence-electron chi connectivity index (χ1n) is 10.7. The van der Waals surface area contributed by atoms with Gasteiger partial charge in [-0.3, -0.25) is 9.59 Å². The molecule has 2 aromatic rings. The molecular weight excluding hydrogens is 460 g/mol. The summed E-state index contributed by atoms with van der Waals surface area (Å²) in [5, 5.41) is 11.6. The molecule has 9 heteroatoms. The molecule has 1 N–H and O–H groups in total. The van der Waals surface area contributed by atoms with Gasteiger partial charge in [0.2, 0.25) is 5.75 Å². The van der Waals surface area contributed by atoms with Crippen molar-refractivity contribution < 1.29 is 28.9 Å². The summed E-state index contributed by atoms with van der Waals surface area (Å²) >= 11 is 5.98. The van der Waals surface area contributed by atoms with Crippen LogP contribution in [-0.2, 0) is 9.59 Å². The predicted molar refractivity (Wildman–Crippen MR) is 130 cm³/mol. The molecule has 1 heterocycles. The quantitative estimate of drug-likeness (QED) is 0.327. The van der Waals surface area contributed by atoms with Crippen LogP contribution in [0, 0.1) is 0 Å². The number of rotatable bonds is 9. The van der Waals surface area contributed by atoms with E-state index in [0.29, 0.717) is 46.4 Å². The fraction of sp³-hybridized carbons (Fsp3) is 0.360. The van der Waals surface area contributed by atoms with Crippen LogP contribution in [0.2, 0.25) is 5.02 Å². The summed E-state index contributed by atoms with van der Waals surface area (Å²) < 4.78 is 16.4. The number of benzene rings is 2. The van der Waals surface area contributed by atoms with Gasteiger partial charge in [-0.05, 0) is 69.0 Å². The Morgan fingerprint density at radius 1 is 1.03 bits per heavy atom. The zero-order valence-corrected chi connectivity index (χ0v) is 20.7. The SMILES string of the molecule is COc1cc([C@@H]2C(=C(O)c3ccc(Cl)cc3)C(=O)C(=O)N2CCCN(C)C)cc(OC)c1OC. The van der Waals surface area contributed by atoms with E-state index >= 15 is 0 Å². The number of halogens is 1. The lowest BCUT2D eigenvalue weighted by Crippen LogP contribution is -2.32. The highest BCUT2D eigenvalue weighted by Crippen LogP contribution is 2.45. The standard InChI is InChI=1S/C25H29ClN2O6/c1-27(2)11-6-12-28-21(16-13-18(32-3)24(34-5)19(14-16)33-4)20(23(30)25(28)31)22(29)15-7-9-17(26)10-8-15/h7-10,13-14,21,29H,6,11-12H2,1-5H3/t21-/m1/s1. The van der Waals surface area contributed by atoms with E-state index in [-0.39, 0.29) is 11.3 Å². The van der Waals surface area contributed by atoms with Gasteiger partial charge in [-0.1, -0.05) is 11.6 Å². The van der Waals surface area contributed by atoms with Crippen molar-refractivity contribution in [1.82, 2.24) is 9.80 Å². The normalized spacial score (nSPS) is 17.4. The van der Waals surface area contributed by atoms with Crippen LogP contribution in [0.1, 0.15) is 23.6 Å². The highest BCUT2D eigenvalue weighted by atomic mass is 35.5. The van der Waals surface area contributed by atoms with Gasteiger partial charge in [-0.25, -0.2) is 0 Å². The van der Waals surface area contributed by atoms with Crippen LogP contribution in [0.3, 0.4) is 0 Å². The van der Waals surface area contributed by atoms with Crippen LogP contribution in [0.15, 0.2) is 42.0 Å². The van der Waals surface area contributed by atoms with Crippen molar-refractivity contribution >= 4 is 29.1 Å². The third kappa shape index (κ3) is 4.98. The lowest BCUT2D eigenvalue weighted by Gasteiger charge is -2.27. The van der Waals surface area contributed by atoms with Gasteiger partial charge >= 0.3 is 0 Å². The number of Topliss-reactive ketones (excluding diaryl/α,β-unsaturated/α-hetero) is 1. The fourth-order valence-electron chi connectivity index (χ4n) is 4.04. The smallest absolute Gasteiger partial charge is 0.295 e. The summed E-state index contributed by atoms with van der Waals surface area (Å²) in [6.45, 7) is 1.05. The molecule has 0 aliphatic carbocycles. The Bertz CT molecular complexity index is 1070. The van der Waals surface area contributed by atoms with Crippen LogP contribution in [0.5, 0.6) is 17.2 Å². The predicted octanol–water partition coefficient (Wildman–Crippen LogP) is 3.74. The Morgan fingerprint density at radius 2 is 1.62 bits per heavy atom. The second kappa shape index (κ2) is 10.8. The Kier molecular flexibility index (Phi) is 8.06. The molecule has 2 aromatic carbocycles. The molecule has 0 unspecified atom stereocenters. The molecule has 1 saturated heterocycles. The number of carbonyl (C=O) groups excluding carboxylic acids is 2. The van der Waals surface area contributed by atoms with Gasteiger partial charge in [0.25, 0.3) is 11.7 Å². The molecule has 3 rings (SSSR count). The molecule has 0 bridgehead atoms. The first kappa shape index (κ1) is 25.4. The van der Waals surface area contributed by atoms with E-state index in [1.54, 1.807) is 36.4 Å². The van der Waals surface area contributed by atoms with Crippen LogP contribution in [0.25, 0.3) is 5.76 Å². The summed E-state index contributed by atoms with van der Waals surface area (Å²) in [6, 6.07) is 8.95. The van der Waals surface area contributed by atoms with E-state index in [1.807, 2.05) is 19.0 Å². The third-order valence-electron chi connectivity index (χ3n) is 5.66. The molecule has 34 heavy (non-hydrogen) atoms. The largest absolute Gasteiger partial charge is 0.507 e. The lowest BCUT2D eigenvalue weighted by atomic mass is 9.94. The maximum Gasteiger partial charge on any atom is 0.295 e. The van der Waals surface area contributed by atoms with Crippen molar-refractivity contribution in [2.45, 2.75) is 12.5 Å². The maximum absolute atomic E-state index is 13.2. The number of aliphatic hydroxyl groups excluding tert-OH is 1. The monoisotopic (exact) mass is 488 g/mol. The van der Waals surface area contributed by atoms with Crippen molar-refractivity contribution in [2.75, 3.05) is 48.5 Å². The molecule has 1 fully saturated rings. The zero-order chi connectivity index (χ0) is 25.0. The molecule has 0 aromatic heterocycles. The minimum absolute atomic E-state index is 0.00792. The molecule has 0 saturated carbocycles. The van der Waals surface area contributed by atoms with Crippen LogP contribution >= 0.6 is 11.6 Å². The Morgan fingerprint density at radius 3 is 2.12 bits per heavy atom. The first-order valence-corrected chi connectivity index (χ1v) is 11.1. The molecule has 1 amide bonds. The summed E-state index contributed by atoms with van der Waals surface area (Å²) in [5.41, 5.74) is 0.925. The van der Waals surface area contributed by atoms with Gasteiger partial charge in [0.1, 0.15) is 5.76 Å². The number of likely N-dealkylation sites (tertiary alicyclic amines) is 1. The maximum atomic E-state index is 13.2. The Labute approximate surface area is 204 Å². The number of ketones is 1. The second-order valence-corrected chi connectivity index (χ2v) is 8.55. The third-order valence-corrected chi connectivity index (χ3v) is 5.92. The average molecular weight is 489 g/mol. The van der Waals surface area contributed by atoms with E-state index in [4.69, 9.17) is 25.8 Å². The molecule has 0 spiro atoms. The first-order chi connectivity index (χ1) is 16.2. The van der Waals surface area contributed by atoms with Gasteiger partial charge in [-0.15, -0.1) is 0 Å². The number of hydrogen-bond acceptors (Lipinski definition) is 7. The lowest BCUT2D eigenvalue weighted by molar-refractivity contribution is -0.139. The highest BCUT2D eigenvalue weighted by Gasteiger charge is 2.46. The van der Waals surface area contributed by atoms with E-state index in [2.05, 4.69) is 0 Å². The van der Waals surface area contributed by atoms with Gasteiger partial charge in [0.15, 0.2) is 11.5 Å². The van der Waals surface area contributed by atoms with Crippen molar-refractivity contribution in [3.8, 4) is 17.2 Å². The number of aliphatic hydroxyl groups is 1. The number of nitrogens with zero attached hydrogens (tertiary/aromatic N) is 2. The molecule has 182 valence electrons. The highest BCUT2D eigenvalue weighted by molar-refractivity contribution is 6.46. The second-order valence-electron chi connectivity index (χ2n) is 8.11. The molecule has 1 aliphatic rings. The number of methoxy groups -OCH3 is 3. The van der Waals surface area contributed by atoms with E-state index in [0.717, 1.165) is 6.54 Å². The number of hydrogen-bond donors (Lipinski definition) is 1. The molecule has 8 nitrogen and oxygen atoms in total. The minimum atomic E-state index is -0.841. The Hall–Kier alpha value is -3.23. The van der Waals surface area contributed by atoms with Crippen LogP contribution < -0.4 is 14.2 Å².